The van der Waals surface area contributed by atoms with Gasteiger partial charge in [-0.15, -0.1) is 0 Å². The quantitative estimate of drug-likeness (QED) is 0.849. The highest BCUT2D eigenvalue weighted by molar-refractivity contribution is 5.88. The van der Waals surface area contributed by atoms with E-state index < -0.39 is 0 Å². The van der Waals surface area contributed by atoms with Crippen molar-refractivity contribution in [3.8, 4) is 5.75 Å². The molecule has 0 aliphatic rings. The predicted octanol–water partition coefficient (Wildman–Crippen LogP) is 3.34. The number of rotatable bonds is 7. The van der Waals surface area contributed by atoms with Gasteiger partial charge in [-0.2, -0.15) is 0 Å². The van der Waals surface area contributed by atoms with Crippen LogP contribution in [0.5, 0.6) is 5.75 Å². The topological polar surface area (TPSA) is 43.3 Å². The van der Waals surface area contributed by atoms with Gasteiger partial charge in [0.1, 0.15) is 12.3 Å². The Morgan fingerprint density at radius 3 is 2.86 bits per heavy atom. The minimum absolute atomic E-state index is 0.0433. The van der Waals surface area contributed by atoms with Crippen molar-refractivity contribution in [2.45, 2.75) is 46.2 Å². The highest BCUT2D eigenvalue weighted by Gasteiger charge is 2.10. The SMILES string of the molecule is CCCOc1cccc2c1ccn2CC(=O)NC(C)CC. The zero-order chi connectivity index (χ0) is 15.2. The maximum atomic E-state index is 12.0. The van der Waals surface area contributed by atoms with Crippen molar-refractivity contribution in [2.75, 3.05) is 6.61 Å². The first-order valence-corrected chi connectivity index (χ1v) is 7.65. The molecule has 1 unspecified atom stereocenters. The van der Waals surface area contributed by atoms with E-state index in [2.05, 4.69) is 19.2 Å². The van der Waals surface area contributed by atoms with Crippen molar-refractivity contribution in [3.05, 3.63) is 30.5 Å². The molecule has 0 aliphatic heterocycles. The number of amides is 1. The number of nitrogens with zero attached hydrogens (tertiary/aromatic N) is 1. The summed E-state index contributed by atoms with van der Waals surface area (Å²) in [6, 6.07) is 8.18. The van der Waals surface area contributed by atoms with Gasteiger partial charge in [0.25, 0.3) is 0 Å². The molecule has 0 spiro atoms. The second-order valence-electron chi connectivity index (χ2n) is 5.36. The zero-order valence-corrected chi connectivity index (χ0v) is 13.1. The van der Waals surface area contributed by atoms with E-state index in [1.54, 1.807) is 0 Å². The molecule has 2 aromatic rings. The molecular weight excluding hydrogens is 264 g/mol. The minimum Gasteiger partial charge on any atom is -0.493 e. The third kappa shape index (κ3) is 3.78. The fourth-order valence-corrected chi connectivity index (χ4v) is 2.25. The summed E-state index contributed by atoms with van der Waals surface area (Å²) in [6.45, 7) is 7.21. The average molecular weight is 288 g/mol. The molecule has 114 valence electrons. The van der Waals surface area contributed by atoms with Gasteiger partial charge in [-0.3, -0.25) is 4.79 Å². The molecule has 1 aromatic heterocycles. The van der Waals surface area contributed by atoms with Crippen LogP contribution in [0.4, 0.5) is 0 Å². The van der Waals surface area contributed by atoms with Crippen LogP contribution in [-0.4, -0.2) is 23.1 Å². The Kier molecular flexibility index (Phi) is 5.26. The Morgan fingerprint density at radius 2 is 2.14 bits per heavy atom. The Balaban J connectivity index is 2.16. The molecule has 1 aromatic carbocycles. The van der Waals surface area contributed by atoms with Crippen LogP contribution in [0.15, 0.2) is 30.5 Å². The molecule has 0 saturated heterocycles. The van der Waals surface area contributed by atoms with E-state index in [0.717, 1.165) is 29.5 Å². The number of hydrogen-bond donors (Lipinski definition) is 1. The number of hydrogen-bond acceptors (Lipinski definition) is 2. The van der Waals surface area contributed by atoms with Gasteiger partial charge in [0, 0.05) is 17.6 Å². The number of carbonyl (C=O) groups is 1. The van der Waals surface area contributed by atoms with E-state index in [-0.39, 0.29) is 11.9 Å². The smallest absolute Gasteiger partial charge is 0.240 e. The van der Waals surface area contributed by atoms with Crippen molar-refractivity contribution < 1.29 is 9.53 Å². The Hall–Kier alpha value is -1.97. The van der Waals surface area contributed by atoms with Crippen LogP contribution in [0, 0.1) is 0 Å². The Labute approximate surface area is 126 Å². The monoisotopic (exact) mass is 288 g/mol. The summed E-state index contributed by atoms with van der Waals surface area (Å²) in [4.78, 5) is 12.0. The summed E-state index contributed by atoms with van der Waals surface area (Å²) >= 11 is 0. The van der Waals surface area contributed by atoms with Gasteiger partial charge in [0.15, 0.2) is 0 Å². The number of fused-ring (bicyclic) bond motifs is 1. The van der Waals surface area contributed by atoms with E-state index in [1.165, 1.54) is 0 Å². The van der Waals surface area contributed by atoms with Gasteiger partial charge >= 0.3 is 0 Å². The maximum absolute atomic E-state index is 12.0. The van der Waals surface area contributed by atoms with E-state index >= 15 is 0 Å². The molecule has 0 radical (unpaired) electrons. The van der Waals surface area contributed by atoms with Gasteiger partial charge in [-0.1, -0.05) is 19.9 Å². The van der Waals surface area contributed by atoms with Crippen LogP contribution in [0.1, 0.15) is 33.6 Å². The van der Waals surface area contributed by atoms with Crippen molar-refractivity contribution >= 4 is 16.8 Å². The first-order valence-electron chi connectivity index (χ1n) is 7.65. The van der Waals surface area contributed by atoms with Gasteiger partial charge in [0.05, 0.1) is 12.1 Å². The Morgan fingerprint density at radius 1 is 1.33 bits per heavy atom. The Bertz CT molecular complexity index is 604. The molecule has 0 bridgehead atoms. The molecule has 4 heteroatoms. The molecule has 1 N–H and O–H groups in total. The third-order valence-electron chi connectivity index (χ3n) is 3.57. The lowest BCUT2D eigenvalue weighted by atomic mass is 10.2. The summed E-state index contributed by atoms with van der Waals surface area (Å²) in [5, 5.41) is 4.05. The molecule has 1 atom stereocenters. The first-order chi connectivity index (χ1) is 10.2. The first kappa shape index (κ1) is 15.4. The number of ether oxygens (including phenoxy) is 1. The second kappa shape index (κ2) is 7.16. The lowest BCUT2D eigenvalue weighted by Gasteiger charge is -2.12. The lowest BCUT2D eigenvalue weighted by molar-refractivity contribution is -0.122. The largest absolute Gasteiger partial charge is 0.493 e. The molecule has 1 heterocycles. The van der Waals surface area contributed by atoms with Crippen LogP contribution >= 0.6 is 0 Å². The lowest BCUT2D eigenvalue weighted by Crippen LogP contribution is -2.34. The zero-order valence-electron chi connectivity index (χ0n) is 13.1. The van der Waals surface area contributed by atoms with Crippen LogP contribution in [0.2, 0.25) is 0 Å². The maximum Gasteiger partial charge on any atom is 0.240 e. The van der Waals surface area contributed by atoms with Crippen molar-refractivity contribution in [1.82, 2.24) is 9.88 Å². The van der Waals surface area contributed by atoms with Crippen molar-refractivity contribution in [2.24, 2.45) is 0 Å². The molecule has 2 rings (SSSR count). The van der Waals surface area contributed by atoms with Gasteiger partial charge < -0.3 is 14.6 Å². The standard InChI is InChI=1S/C17H24N2O2/c1-4-11-21-16-8-6-7-15-14(16)9-10-19(15)12-17(20)18-13(3)5-2/h6-10,13H,4-5,11-12H2,1-3H3,(H,18,20). The fraction of sp³-hybridized carbons (Fsp3) is 0.471. The summed E-state index contributed by atoms with van der Waals surface area (Å²) in [5.41, 5.74) is 1.03. The summed E-state index contributed by atoms with van der Waals surface area (Å²) in [5.74, 6) is 0.928. The summed E-state index contributed by atoms with van der Waals surface area (Å²) < 4.78 is 7.72. The molecule has 0 fully saturated rings. The van der Waals surface area contributed by atoms with E-state index in [4.69, 9.17) is 4.74 Å². The van der Waals surface area contributed by atoms with Crippen molar-refractivity contribution in [1.29, 1.82) is 0 Å². The molecule has 0 aliphatic carbocycles. The number of aromatic nitrogens is 1. The van der Waals surface area contributed by atoms with Gasteiger partial charge in [-0.05, 0) is 38.0 Å². The summed E-state index contributed by atoms with van der Waals surface area (Å²) in [6.07, 6.45) is 3.86. The highest BCUT2D eigenvalue weighted by atomic mass is 16.5. The van der Waals surface area contributed by atoms with Crippen LogP contribution in [0.3, 0.4) is 0 Å². The van der Waals surface area contributed by atoms with E-state index in [1.807, 2.05) is 42.0 Å². The molecular formula is C17H24N2O2. The summed E-state index contributed by atoms with van der Waals surface area (Å²) in [7, 11) is 0. The second-order valence-corrected chi connectivity index (χ2v) is 5.36. The third-order valence-corrected chi connectivity index (χ3v) is 3.57. The molecule has 0 saturated carbocycles. The average Bonchev–Trinajstić information content (AvgIpc) is 2.88. The van der Waals surface area contributed by atoms with Crippen LogP contribution in [0.25, 0.3) is 10.9 Å². The van der Waals surface area contributed by atoms with Gasteiger partial charge in [-0.25, -0.2) is 0 Å². The molecule has 4 nitrogen and oxygen atoms in total. The van der Waals surface area contributed by atoms with Crippen LogP contribution in [-0.2, 0) is 11.3 Å². The number of nitrogens with one attached hydrogen (secondary N) is 1. The number of carbonyl (C=O) groups excluding carboxylic acids is 1. The van der Waals surface area contributed by atoms with E-state index in [9.17, 15) is 4.79 Å². The van der Waals surface area contributed by atoms with Gasteiger partial charge in [0.2, 0.25) is 5.91 Å². The predicted molar refractivity (Wildman–Crippen MR) is 85.6 cm³/mol. The molecule has 1 amide bonds. The highest BCUT2D eigenvalue weighted by Crippen LogP contribution is 2.26. The normalized spacial score (nSPS) is 12.3. The van der Waals surface area contributed by atoms with Crippen molar-refractivity contribution in [3.63, 3.8) is 0 Å². The molecule has 21 heavy (non-hydrogen) atoms. The minimum atomic E-state index is 0.0433. The van der Waals surface area contributed by atoms with Crippen LogP contribution < -0.4 is 10.1 Å². The number of benzene rings is 1. The van der Waals surface area contributed by atoms with E-state index in [0.29, 0.717) is 13.2 Å². The fourth-order valence-electron chi connectivity index (χ4n) is 2.25.